The van der Waals surface area contributed by atoms with E-state index in [1.54, 1.807) is 25.6 Å². The van der Waals surface area contributed by atoms with Crippen LogP contribution in [0.1, 0.15) is 26.7 Å². The molecule has 6 heteroatoms. The van der Waals surface area contributed by atoms with Crippen molar-refractivity contribution in [3.8, 4) is 0 Å². The number of carbonyl (C=O) groups is 2. The summed E-state index contributed by atoms with van der Waals surface area (Å²) >= 11 is 8.19. The van der Waals surface area contributed by atoms with Crippen LogP contribution in [-0.4, -0.2) is 35.8 Å². The third-order valence-corrected chi connectivity index (χ3v) is 6.06. The summed E-state index contributed by atoms with van der Waals surface area (Å²) in [6.45, 7) is 4.11. The molecular formula is C18H23ClO4S. The minimum atomic E-state index is -0.529. The van der Waals surface area contributed by atoms with Gasteiger partial charge in [0.05, 0.1) is 25.0 Å². The predicted molar refractivity (Wildman–Crippen MR) is 95.2 cm³/mol. The molecule has 1 aromatic carbocycles. The fourth-order valence-corrected chi connectivity index (χ4v) is 4.61. The molecule has 0 aromatic heterocycles. The second-order valence-corrected chi connectivity index (χ2v) is 7.55. The maximum atomic E-state index is 12.3. The Morgan fingerprint density at radius 3 is 2.12 bits per heavy atom. The molecule has 0 radical (unpaired) electrons. The van der Waals surface area contributed by atoms with Crippen molar-refractivity contribution in [2.75, 3.05) is 13.2 Å². The summed E-state index contributed by atoms with van der Waals surface area (Å²) < 4.78 is 10.3. The van der Waals surface area contributed by atoms with Crippen molar-refractivity contribution in [3.63, 3.8) is 0 Å². The fourth-order valence-electron chi connectivity index (χ4n) is 2.94. The molecule has 0 amide bonds. The number of thioether (sulfide) groups is 1. The number of rotatable bonds is 6. The number of esters is 2. The highest BCUT2D eigenvalue weighted by Crippen LogP contribution is 2.42. The standard InChI is InChI=1S/C18H23ClO4S/c1-3-22-17(20)13-10-15(19)16(11-14(13)18(21)23-4-2)24-12-8-6-5-7-9-12/h5-9,13-16H,3-4,10-11H2,1-2H3/t13-,14+,15+,16+/m0/s1. The maximum Gasteiger partial charge on any atom is 0.309 e. The molecule has 0 aliphatic heterocycles. The van der Waals surface area contributed by atoms with Crippen LogP contribution in [0.4, 0.5) is 0 Å². The van der Waals surface area contributed by atoms with Gasteiger partial charge in [0.15, 0.2) is 0 Å². The Labute approximate surface area is 152 Å². The third kappa shape index (κ3) is 4.90. The lowest BCUT2D eigenvalue weighted by atomic mass is 9.78. The minimum absolute atomic E-state index is 0.0501. The Balaban J connectivity index is 2.14. The summed E-state index contributed by atoms with van der Waals surface area (Å²) in [6.07, 6.45) is 0.935. The molecule has 1 saturated carbocycles. The zero-order chi connectivity index (χ0) is 17.5. The second kappa shape index (κ2) is 9.33. The van der Waals surface area contributed by atoms with Crippen LogP contribution in [0.3, 0.4) is 0 Å². The molecule has 0 N–H and O–H groups in total. The average molecular weight is 371 g/mol. The molecule has 4 atom stereocenters. The molecule has 1 fully saturated rings. The number of carbonyl (C=O) groups excluding carboxylic acids is 2. The Kier molecular flexibility index (Phi) is 7.43. The van der Waals surface area contributed by atoms with Crippen LogP contribution in [0.2, 0.25) is 0 Å². The van der Waals surface area contributed by atoms with Gasteiger partial charge < -0.3 is 9.47 Å². The molecule has 0 bridgehead atoms. The van der Waals surface area contributed by atoms with Crippen LogP contribution >= 0.6 is 23.4 Å². The van der Waals surface area contributed by atoms with Gasteiger partial charge in [0, 0.05) is 15.5 Å². The van der Waals surface area contributed by atoms with E-state index in [1.165, 1.54) is 0 Å². The van der Waals surface area contributed by atoms with Gasteiger partial charge in [-0.05, 0) is 38.8 Å². The van der Waals surface area contributed by atoms with E-state index in [2.05, 4.69) is 0 Å². The Hall–Kier alpha value is -1.20. The highest BCUT2D eigenvalue weighted by molar-refractivity contribution is 8.00. The number of benzene rings is 1. The zero-order valence-corrected chi connectivity index (χ0v) is 15.5. The monoisotopic (exact) mass is 370 g/mol. The summed E-state index contributed by atoms with van der Waals surface area (Å²) in [4.78, 5) is 25.7. The SMILES string of the molecule is CCOC(=O)[C@H]1C[C@@H](Cl)[C@H](Sc2ccccc2)C[C@H]1C(=O)OCC. The first-order valence-corrected chi connectivity index (χ1v) is 9.57. The fraction of sp³-hybridized carbons (Fsp3) is 0.556. The Morgan fingerprint density at radius 2 is 1.58 bits per heavy atom. The molecule has 1 aliphatic rings. The van der Waals surface area contributed by atoms with Gasteiger partial charge in [-0.2, -0.15) is 0 Å². The van der Waals surface area contributed by atoms with Crippen molar-refractivity contribution < 1.29 is 19.1 Å². The molecule has 2 rings (SSSR count). The summed E-state index contributed by atoms with van der Waals surface area (Å²) in [5.74, 6) is -1.72. The van der Waals surface area contributed by atoms with E-state index in [9.17, 15) is 9.59 Å². The van der Waals surface area contributed by atoms with Crippen LogP contribution in [0.5, 0.6) is 0 Å². The van der Waals surface area contributed by atoms with Gasteiger partial charge in [0.25, 0.3) is 0 Å². The molecule has 132 valence electrons. The first-order chi connectivity index (χ1) is 11.6. The van der Waals surface area contributed by atoms with Gasteiger partial charge in [-0.15, -0.1) is 23.4 Å². The first kappa shape index (κ1) is 19.1. The summed E-state index contributed by atoms with van der Waals surface area (Å²) in [6, 6.07) is 9.94. The van der Waals surface area contributed by atoms with Gasteiger partial charge in [0.1, 0.15) is 0 Å². The highest BCUT2D eigenvalue weighted by atomic mass is 35.5. The van der Waals surface area contributed by atoms with Crippen molar-refractivity contribution >= 4 is 35.3 Å². The van der Waals surface area contributed by atoms with E-state index >= 15 is 0 Å². The van der Waals surface area contributed by atoms with Crippen LogP contribution < -0.4 is 0 Å². The van der Waals surface area contributed by atoms with Crippen LogP contribution in [0.25, 0.3) is 0 Å². The number of ether oxygens (including phenoxy) is 2. The molecule has 0 spiro atoms. The second-order valence-electron chi connectivity index (χ2n) is 5.67. The molecular weight excluding hydrogens is 348 g/mol. The van der Waals surface area contributed by atoms with Crippen LogP contribution in [-0.2, 0) is 19.1 Å². The lowest BCUT2D eigenvalue weighted by Gasteiger charge is -2.36. The average Bonchev–Trinajstić information content (AvgIpc) is 2.57. The number of hydrogen-bond donors (Lipinski definition) is 0. The van der Waals surface area contributed by atoms with E-state index in [1.807, 2.05) is 30.3 Å². The van der Waals surface area contributed by atoms with E-state index in [-0.39, 0.29) is 22.6 Å². The molecule has 4 nitrogen and oxygen atoms in total. The van der Waals surface area contributed by atoms with E-state index in [0.717, 1.165) is 4.90 Å². The van der Waals surface area contributed by atoms with Crippen LogP contribution in [0.15, 0.2) is 35.2 Å². The normalized spacial score (nSPS) is 26.6. The number of halogens is 1. The van der Waals surface area contributed by atoms with E-state index in [4.69, 9.17) is 21.1 Å². The van der Waals surface area contributed by atoms with E-state index < -0.39 is 11.8 Å². The summed E-state index contributed by atoms with van der Waals surface area (Å²) in [7, 11) is 0. The summed E-state index contributed by atoms with van der Waals surface area (Å²) in [5.41, 5.74) is 0. The van der Waals surface area contributed by atoms with Gasteiger partial charge in [0.2, 0.25) is 0 Å². The number of alkyl halides is 1. The lowest BCUT2D eigenvalue weighted by Crippen LogP contribution is -2.43. The largest absolute Gasteiger partial charge is 0.466 e. The number of hydrogen-bond acceptors (Lipinski definition) is 5. The topological polar surface area (TPSA) is 52.6 Å². The molecule has 1 aliphatic carbocycles. The molecule has 24 heavy (non-hydrogen) atoms. The highest BCUT2D eigenvalue weighted by Gasteiger charge is 2.45. The van der Waals surface area contributed by atoms with Crippen LogP contribution in [0, 0.1) is 11.8 Å². The van der Waals surface area contributed by atoms with Gasteiger partial charge >= 0.3 is 11.9 Å². The van der Waals surface area contributed by atoms with Crippen molar-refractivity contribution in [2.45, 2.75) is 42.2 Å². The zero-order valence-electron chi connectivity index (χ0n) is 13.9. The van der Waals surface area contributed by atoms with Gasteiger partial charge in [-0.3, -0.25) is 9.59 Å². The van der Waals surface area contributed by atoms with Gasteiger partial charge in [-0.1, -0.05) is 18.2 Å². The van der Waals surface area contributed by atoms with E-state index in [0.29, 0.717) is 26.1 Å². The lowest BCUT2D eigenvalue weighted by molar-refractivity contribution is -0.162. The smallest absolute Gasteiger partial charge is 0.309 e. The third-order valence-electron chi connectivity index (χ3n) is 4.06. The summed E-state index contributed by atoms with van der Waals surface area (Å²) in [5, 5.41) is -0.149. The minimum Gasteiger partial charge on any atom is -0.466 e. The molecule has 0 saturated heterocycles. The molecule has 0 heterocycles. The van der Waals surface area contributed by atoms with Crippen molar-refractivity contribution in [1.82, 2.24) is 0 Å². The first-order valence-electron chi connectivity index (χ1n) is 8.25. The Bertz CT molecular complexity index is 551. The maximum absolute atomic E-state index is 12.3. The Morgan fingerprint density at radius 1 is 1.04 bits per heavy atom. The quantitative estimate of drug-likeness (QED) is 0.561. The molecule has 1 aromatic rings. The van der Waals surface area contributed by atoms with Crippen molar-refractivity contribution in [3.05, 3.63) is 30.3 Å². The van der Waals surface area contributed by atoms with Crippen molar-refractivity contribution in [1.29, 1.82) is 0 Å². The van der Waals surface area contributed by atoms with Crippen molar-refractivity contribution in [2.24, 2.45) is 11.8 Å². The van der Waals surface area contributed by atoms with Gasteiger partial charge in [-0.25, -0.2) is 0 Å². The predicted octanol–water partition coefficient (Wildman–Crippen LogP) is 3.91. The molecule has 0 unspecified atom stereocenters.